The molecule has 1 aliphatic heterocycles. The van der Waals surface area contributed by atoms with Gasteiger partial charge in [-0.1, -0.05) is 13.8 Å². The summed E-state index contributed by atoms with van der Waals surface area (Å²) in [4.78, 5) is 2.60. The van der Waals surface area contributed by atoms with Gasteiger partial charge in [0.15, 0.2) is 0 Å². The highest BCUT2D eigenvalue weighted by molar-refractivity contribution is 4.70. The molecular formula is C12H25NO. The predicted molar refractivity (Wildman–Crippen MR) is 60.5 cm³/mol. The largest absolute Gasteiger partial charge is 0.381 e. The topological polar surface area (TPSA) is 12.5 Å². The van der Waals surface area contributed by atoms with E-state index in [1.807, 2.05) is 7.11 Å². The SMILES string of the molecule is COC1CCCN(CCC(C)C)CC1. The number of likely N-dealkylation sites (tertiary alicyclic amines) is 1. The second-order valence-electron chi connectivity index (χ2n) is 4.81. The first-order valence-corrected chi connectivity index (χ1v) is 5.97. The third-order valence-electron chi connectivity index (χ3n) is 3.12. The van der Waals surface area contributed by atoms with Crippen LogP contribution in [0, 0.1) is 5.92 Å². The summed E-state index contributed by atoms with van der Waals surface area (Å²) in [6.07, 6.45) is 5.61. The Bertz CT molecular complexity index is 147. The lowest BCUT2D eigenvalue weighted by molar-refractivity contribution is 0.0896. The van der Waals surface area contributed by atoms with Crippen LogP contribution in [0.4, 0.5) is 0 Å². The number of rotatable bonds is 4. The van der Waals surface area contributed by atoms with Gasteiger partial charge in [0.1, 0.15) is 0 Å². The molecule has 1 aliphatic rings. The summed E-state index contributed by atoms with van der Waals surface area (Å²) >= 11 is 0. The summed E-state index contributed by atoms with van der Waals surface area (Å²) in [5, 5.41) is 0. The van der Waals surface area contributed by atoms with Crippen molar-refractivity contribution in [2.75, 3.05) is 26.7 Å². The van der Waals surface area contributed by atoms with Crippen LogP contribution < -0.4 is 0 Å². The van der Waals surface area contributed by atoms with Crippen LogP contribution in [0.2, 0.25) is 0 Å². The maximum Gasteiger partial charge on any atom is 0.0584 e. The maximum atomic E-state index is 5.42. The van der Waals surface area contributed by atoms with E-state index in [0.29, 0.717) is 6.10 Å². The molecule has 84 valence electrons. The van der Waals surface area contributed by atoms with Crippen LogP contribution in [-0.2, 0) is 4.74 Å². The number of ether oxygens (including phenoxy) is 1. The summed E-state index contributed by atoms with van der Waals surface area (Å²) < 4.78 is 5.42. The first-order chi connectivity index (χ1) is 6.72. The third kappa shape index (κ3) is 4.43. The fourth-order valence-corrected chi connectivity index (χ4v) is 2.03. The number of nitrogens with zero attached hydrogens (tertiary/aromatic N) is 1. The molecule has 2 nitrogen and oxygen atoms in total. The molecule has 0 amide bonds. The van der Waals surface area contributed by atoms with Crippen LogP contribution in [0.3, 0.4) is 0 Å². The second kappa shape index (κ2) is 6.41. The van der Waals surface area contributed by atoms with Gasteiger partial charge in [0, 0.05) is 13.7 Å². The molecule has 0 aromatic heterocycles. The molecule has 1 atom stereocenters. The Morgan fingerprint density at radius 3 is 2.71 bits per heavy atom. The molecule has 1 fully saturated rings. The minimum absolute atomic E-state index is 0.513. The van der Waals surface area contributed by atoms with E-state index in [0.717, 1.165) is 5.92 Å². The molecule has 0 saturated carbocycles. The van der Waals surface area contributed by atoms with Gasteiger partial charge in [-0.3, -0.25) is 0 Å². The van der Waals surface area contributed by atoms with E-state index in [9.17, 15) is 0 Å². The van der Waals surface area contributed by atoms with Crippen LogP contribution in [0.1, 0.15) is 39.5 Å². The van der Waals surface area contributed by atoms with E-state index >= 15 is 0 Å². The Labute approximate surface area is 88.6 Å². The lowest BCUT2D eigenvalue weighted by atomic mass is 10.1. The van der Waals surface area contributed by atoms with E-state index in [1.54, 1.807) is 0 Å². The zero-order valence-electron chi connectivity index (χ0n) is 9.96. The van der Waals surface area contributed by atoms with Gasteiger partial charge in [-0.25, -0.2) is 0 Å². The molecule has 0 aliphatic carbocycles. The number of hydrogen-bond donors (Lipinski definition) is 0. The molecule has 1 heterocycles. The van der Waals surface area contributed by atoms with Gasteiger partial charge in [0.25, 0.3) is 0 Å². The normalized spacial score (nSPS) is 25.3. The minimum atomic E-state index is 0.513. The minimum Gasteiger partial charge on any atom is -0.381 e. The second-order valence-corrected chi connectivity index (χ2v) is 4.81. The van der Waals surface area contributed by atoms with Crippen molar-refractivity contribution in [3.63, 3.8) is 0 Å². The molecule has 0 aromatic carbocycles. The molecule has 0 N–H and O–H groups in total. The molecule has 1 unspecified atom stereocenters. The first kappa shape index (κ1) is 12.0. The molecule has 1 rings (SSSR count). The van der Waals surface area contributed by atoms with Crippen molar-refractivity contribution in [1.29, 1.82) is 0 Å². The van der Waals surface area contributed by atoms with Crippen molar-refractivity contribution in [2.45, 2.75) is 45.6 Å². The van der Waals surface area contributed by atoms with Gasteiger partial charge in [0.05, 0.1) is 6.10 Å². The highest BCUT2D eigenvalue weighted by atomic mass is 16.5. The summed E-state index contributed by atoms with van der Waals surface area (Å²) in [7, 11) is 1.84. The molecule has 0 aromatic rings. The average molecular weight is 199 g/mol. The van der Waals surface area contributed by atoms with Gasteiger partial charge >= 0.3 is 0 Å². The Balaban J connectivity index is 2.20. The molecule has 0 radical (unpaired) electrons. The van der Waals surface area contributed by atoms with Crippen molar-refractivity contribution in [2.24, 2.45) is 5.92 Å². The zero-order valence-corrected chi connectivity index (χ0v) is 9.96. The van der Waals surface area contributed by atoms with Crippen LogP contribution in [-0.4, -0.2) is 37.7 Å². The highest BCUT2D eigenvalue weighted by Gasteiger charge is 2.15. The highest BCUT2D eigenvalue weighted by Crippen LogP contribution is 2.14. The number of methoxy groups -OCH3 is 1. The fraction of sp³-hybridized carbons (Fsp3) is 1.00. The van der Waals surface area contributed by atoms with Crippen LogP contribution in [0.25, 0.3) is 0 Å². The monoisotopic (exact) mass is 199 g/mol. The van der Waals surface area contributed by atoms with Gasteiger partial charge in [-0.15, -0.1) is 0 Å². The van der Waals surface area contributed by atoms with Crippen LogP contribution in [0.15, 0.2) is 0 Å². The number of hydrogen-bond acceptors (Lipinski definition) is 2. The molecule has 0 bridgehead atoms. The van der Waals surface area contributed by atoms with Gasteiger partial charge < -0.3 is 9.64 Å². The van der Waals surface area contributed by atoms with Crippen LogP contribution >= 0.6 is 0 Å². The van der Waals surface area contributed by atoms with E-state index < -0.39 is 0 Å². The van der Waals surface area contributed by atoms with E-state index in [2.05, 4.69) is 18.7 Å². The lowest BCUT2D eigenvalue weighted by Crippen LogP contribution is -2.27. The van der Waals surface area contributed by atoms with Crippen molar-refractivity contribution < 1.29 is 4.74 Å². The Hall–Kier alpha value is -0.0800. The van der Waals surface area contributed by atoms with E-state index in [4.69, 9.17) is 4.74 Å². The van der Waals surface area contributed by atoms with Gasteiger partial charge in [0.2, 0.25) is 0 Å². The molecular weight excluding hydrogens is 174 g/mol. The smallest absolute Gasteiger partial charge is 0.0584 e. The Morgan fingerprint density at radius 1 is 1.29 bits per heavy atom. The molecule has 14 heavy (non-hydrogen) atoms. The fourth-order valence-electron chi connectivity index (χ4n) is 2.03. The molecule has 2 heteroatoms. The maximum absolute atomic E-state index is 5.42. The quantitative estimate of drug-likeness (QED) is 0.690. The Morgan fingerprint density at radius 2 is 2.07 bits per heavy atom. The average Bonchev–Trinajstić information content (AvgIpc) is 2.39. The molecule has 0 spiro atoms. The van der Waals surface area contributed by atoms with Gasteiger partial charge in [-0.2, -0.15) is 0 Å². The summed E-state index contributed by atoms with van der Waals surface area (Å²) in [6, 6.07) is 0. The summed E-state index contributed by atoms with van der Waals surface area (Å²) in [6.45, 7) is 8.37. The van der Waals surface area contributed by atoms with Crippen molar-refractivity contribution in [1.82, 2.24) is 4.90 Å². The van der Waals surface area contributed by atoms with Crippen molar-refractivity contribution in [3.05, 3.63) is 0 Å². The van der Waals surface area contributed by atoms with E-state index in [1.165, 1.54) is 45.3 Å². The summed E-state index contributed by atoms with van der Waals surface area (Å²) in [5.74, 6) is 0.830. The van der Waals surface area contributed by atoms with Crippen molar-refractivity contribution >= 4 is 0 Å². The Kier molecular flexibility index (Phi) is 5.49. The lowest BCUT2D eigenvalue weighted by Gasteiger charge is -2.20. The standard InChI is InChI=1S/C12H25NO/c1-11(2)6-9-13-8-4-5-12(14-3)7-10-13/h11-12H,4-10H2,1-3H3. The van der Waals surface area contributed by atoms with Gasteiger partial charge in [-0.05, 0) is 44.7 Å². The third-order valence-corrected chi connectivity index (χ3v) is 3.12. The first-order valence-electron chi connectivity index (χ1n) is 5.97. The van der Waals surface area contributed by atoms with E-state index in [-0.39, 0.29) is 0 Å². The summed E-state index contributed by atoms with van der Waals surface area (Å²) in [5.41, 5.74) is 0. The molecule has 1 saturated heterocycles. The zero-order chi connectivity index (χ0) is 10.4. The predicted octanol–water partition coefficient (Wildman–Crippen LogP) is 2.53. The van der Waals surface area contributed by atoms with Crippen molar-refractivity contribution in [3.8, 4) is 0 Å². The van der Waals surface area contributed by atoms with Crippen LogP contribution in [0.5, 0.6) is 0 Å².